The molecule has 16 heavy (non-hydrogen) atoms. The third-order valence-corrected chi connectivity index (χ3v) is 2.17. The number of aromatic nitrogens is 2. The molecular weight excluding hydrogens is 209 g/mol. The molecule has 0 aliphatic rings. The van der Waals surface area contributed by atoms with E-state index in [1.165, 1.54) is 29.8 Å². The highest BCUT2D eigenvalue weighted by Gasteiger charge is 2.09. The quantitative estimate of drug-likeness (QED) is 0.783. The van der Waals surface area contributed by atoms with Crippen molar-refractivity contribution in [3.05, 3.63) is 41.8 Å². The van der Waals surface area contributed by atoms with Crippen LogP contribution in [-0.4, -0.2) is 15.6 Å². The lowest BCUT2D eigenvalue weighted by atomic mass is 10.3. The smallest absolute Gasteiger partial charge is 0.180 e. The largest absolute Gasteiger partial charge is 0.384 e. The van der Waals surface area contributed by atoms with Gasteiger partial charge in [0.15, 0.2) is 5.78 Å². The first-order valence-corrected chi connectivity index (χ1v) is 4.70. The van der Waals surface area contributed by atoms with Crippen LogP contribution < -0.4 is 5.73 Å². The number of nitrogens with zero attached hydrogens (tertiary/aromatic N) is 2. The Morgan fingerprint density at radius 3 is 2.50 bits per heavy atom. The van der Waals surface area contributed by atoms with Crippen molar-refractivity contribution in [2.75, 3.05) is 5.73 Å². The predicted molar refractivity (Wildman–Crippen MR) is 57.9 cm³/mol. The average Bonchev–Trinajstić information content (AvgIpc) is 2.62. The van der Waals surface area contributed by atoms with E-state index in [2.05, 4.69) is 5.10 Å². The summed E-state index contributed by atoms with van der Waals surface area (Å²) < 4.78 is 14.1. The van der Waals surface area contributed by atoms with E-state index in [4.69, 9.17) is 5.73 Å². The topological polar surface area (TPSA) is 60.9 Å². The summed E-state index contributed by atoms with van der Waals surface area (Å²) in [5.41, 5.74) is 6.61. The minimum Gasteiger partial charge on any atom is -0.384 e. The molecule has 0 amide bonds. The molecule has 1 aromatic carbocycles. The fraction of sp³-hybridized carbons (Fsp3) is 0.0909. The number of Topliss-reactive ketones (excluding diaryl/α,β-unsaturated/α-hetero) is 1. The zero-order chi connectivity index (χ0) is 11.7. The molecule has 2 aromatic rings. The van der Waals surface area contributed by atoms with Crippen LogP contribution >= 0.6 is 0 Å². The second-order valence-corrected chi connectivity index (χ2v) is 3.40. The molecule has 0 aliphatic heterocycles. The van der Waals surface area contributed by atoms with Crippen LogP contribution in [0, 0.1) is 5.82 Å². The van der Waals surface area contributed by atoms with E-state index < -0.39 is 0 Å². The molecule has 0 saturated carbocycles. The molecule has 5 heteroatoms. The zero-order valence-corrected chi connectivity index (χ0v) is 8.64. The summed E-state index contributed by atoms with van der Waals surface area (Å²) >= 11 is 0. The third kappa shape index (κ3) is 1.79. The lowest BCUT2D eigenvalue weighted by molar-refractivity contribution is 0.101. The van der Waals surface area contributed by atoms with Gasteiger partial charge in [0.05, 0.1) is 5.69 Å². The Morgan fingerprint density at radius 2 is 2.00 bits per heavy atom. The predicted octanol–water partition coefficient (Wildman–Crippen LogP) is 1.80. The van der Waals surface area contributed by atoms with Gasteiger partial charge < -0.3 is 5.73 Å². The van der Waals surface area contributed by atoms with E-state index in [-0.39, 0.29) is 11.6 Å². The van der Waals surface area contributed by atoms with Crippen LogP contribution in [0.1, 0.15) is 17.4 Å². The first kappa shape index (κ1) is 10.4. The molecule has 0 spiro atoms. The number of hydrogen-bond donors (Lipinski definition) is 1. The number of carbonyl (C=O) groups excluding carboxylic acids is 1. The van der Waals surface area contributed by atoms with E-state index in [1.54, 1.807) is 12.1 Å². The van der Waals surface area contributed by atoms with Crippen LogP contribution in [0.2, 0.25) is 0 Å². The number of carbonyl (C=O) groups is 1. The van der Waals surface area contributed by atoms with Gasteiger partial charge in [0.25, 0.3) is 0 Å². The molecule has 2 N–H and O–H groups in total. The van der Waals surface area contributed by atoms with Gasteiger partial charge in [0.1, 0.15) is 17.3 Å². The monoisotopic (exact) mass is 219 g/mol. The van der Waals surface area contributed by atoms with E-state index in [0.29, 0.717) is 17.2 Å². The molecule has 82 valence electrons. The molecule has 1 aromatic heterocycles. The molecule has 0 radical (unpaired) electrons. The summed E-state index contributed by atoms with van der Waals surface area (Å²) in [6, 6.07) is 7.20. The van der Waals surface area contributed by atoms with Crippen molar-refractivity contribution in [2.45, 2.75) is 6.92 Å². The number of benzene rings is 1. The molecule has 2 rings (SSSR count). The zero-order valence-electron chi connectivity index (χ0n) is 8.64. The van der Waals surface area contributed by atoms with Gasteiger partial charge in [0.2, 0.25) is 0 Å². The molecular formula is C11H10FN3O. The van der Waals surface area contributed by atoms with E-state index in [1.807, 2.05) is 0 Å². The fourth-order valence-corrected chi connectivity index (χ4v) is 1.36. The maximum absolute atomic E-state index is 12.7. The van der Waals surface area contributed by atoms with Crippen LogP contribution in [0.15, 0.2) is 30.3 Å². The Bertz CT molecular complexity index is 531. The van der Waals surface area contributed by atoms with Gasteiger partial charge in [-0.2, -0.15) is 5.10 Å². The number of nitrogen functional groups attached to an aromatic ring is 1. The Morgan fingerprint density at radius 1 is 1.38 bits per heavy atom. The van der Waals surface area contributed by atoms with Gasteiger partial charge >= 0.3 is 0 Å². The average molecular weight is 219 g/mol. The fourth-order valence-electron chi connectivity index (χ4n) is 1.36. The van der Waals surface area contributed by atoms with Gasteiger partial charge in [-0.1, -0.05) is 0 Å². The first-order valence-electron chi connectivity index (χ1n) is 4.70. The van der Waals surface area contributed by atoms with Gasteiger partial charge in [-0.3, -0.25) is 4.79 Å². The lowest BCUT2D eigenvalue weighted by Gasteiger charge is -2.02. The molecule has 0 bridgehead atoms. The molecule has 0 atom stereocenters. The summed E-state index contributed by atoms with van der Waals surface area (Å²) in [4.78, 5) is 11.1. The number of rotatable bonds is 2. The normalized spacial score (nSPS) is 10.4. The number of ketones is 1. The van der Waals surface area contributed by atoms with Crippen molar-refractivity contribution in [2.24, 2.45) is 0 Å². The highest BCUT2D eigenvalue weighted by molar-refractivity contribution is 5.92. The number of hydrogen-bond acceptors (Lipinski definition) is 3. The van der Waals surface area contributed by atoms with Gasteiger partial charge in [-0.15, -0.1) is 0 Å². The number of halogens is 1. The minimum atomic E-state index is -0.332. The first-order chi connectivity index (χ1) is 7.58. The van der Waals surface area contributed by atoms with Crippen molar-refractivity contribution in [3.8, 4) is 5.69 Å². The van der Waals surface area contributed by atoms with E-state index >= 15 is 0 Å². The maximum atomic E-state index is 12.7. The minimum absolute atomic E-state index is 0.160. The molecule has 0 fully saturated rings. The van der Waals surface area contributed by atoms with Crippen molar-refractivity contribution in [1.82, 2.24) is 9.78 Å². The molecule has 4 nitrogen and oxygen atoms in total. The summed E-state index contributed by atoms with van der Waals surface area (Å²) in [7, 11) is 0. The highest BCUT2D eigenvalue weighted by atomic mass is 19.1. The Labute approximate surface area is 91.5 Å². The summed E-state index contributed by atoms with van der Waals surface area (Å²) in [5, 5.41) is 4.03. The Kier molecular flexibility index (Phi) is 2.44. The third-order valence-electron chi connectivity index (χ3n) is 2.17. The maximum Gasteiger partial charge on any atom is 0.180 e. The lowest BCUT2D eigenvalue weighted by Crippen LogP contribution is -2.02. The highest BCUT2D eigenvalue weighted by Crippen LogP contribution is 2.15. The van der Waals surface area contributed by atoms with Crippen molar-refractivity contribution >= 4 is 11.6 Å². The van der Waals surface area contributed by atoms with Crippen LogP contribution in [0.3, 0.4) is 0 Å². The van der Waals surface area contributed by atoms with Crippen molar-refractivity contribution < 1.29 is 9.18 Å². The van der Waals surface area contributed by atoms with Gasteiger partial charge in [-0.05, 0) is 24.3 Å². The number of nitrogens with two attached hydrogens (primary N) is 1. The second kappa shape index (κ2) is 3.77. The Balaban J connectivity index is 2.47. The molecule has 0 unspecified atom stereocenters. The van der Waals surface area contributed by atoms with Crippen LogP contribution in [0.5, 0.6) is 0 Å². The van der Waals surface area contributed by atoms with Crippen LogP contribution in [0.25, 0.3) is 5.69 Å². The van der Waals surface area contributed by atoms with Crippen LogP contribution in [-0.2, 0) is 0 Å². The number of anilines is 1. The van der Waals surface area contributed by atoms with Crippen molar-refractivity contribution in [1.29, 1.82) is 0 Å². The van der Waals surface area contributed by atoms with Gasteiger partial charge in [0, 0.05) is 13.0 Å². The second-order valence-electron chi connectivity index (χ2n) is 3.40. The SMILES string of the molecule is CC(=O)c1cc(N)n(-c2ccc(F)cc2)n1. The molecule has 0 aliphatic carbocycles. The summed E-state index contributed by atoms with van der Waals surface area (Å²) in [5.74, 6) is -0.148. The van der Waals surface area contributed by atoms with E-state index in [9.17, 15) is 9.18 Å². The van der Waals surface area contributed by atoms with Crippen molar-refractivity contribution in [3.63, 3.8) is 0 Å². The van der Waals surface area contributed by atoms with E-state index in [0.717, 1.165) is 0 Å². The van der Waals surface area contributed by atoms with Crippen LogP contribution in [0.4, 0.5) is 10.2 Å². The summed E-state index contributed by atoms with van der Waals surface area (Å²) in [6.45, 7) is 1.41. The standard InChI is InChI=1S/C11H10FN3O/c1-7(16)10-6-11(13)15(14-10)9-4-2-8(12)3-5-9/h2-6H,13H2,1H3. The molecule has 1 heterocycles. The summed E-state index contributed by atoms with van der Waals surface area (Å²) in [6.07, 6.45) is 0. The van der Waals surface area contributed by atoms with Gasteiger partial charge in [-0.25, -0.2) is 9.07 Å². The Hall–Kier alpha value is -2.17. The molecule has 0 saturated heterocycles.